The lowest BCUT2D eigenvalue weighted by molar-refractivity contribution is -0.147. The number of aryl methyl sites for hydroxylation is 1. The summed E-state index contributed by atoms with van der Waals surface area (Å²) in [6.45, 7) is 3.94. The molecule has 0 aromatic carbocycles. The number of nitrogens with zero attached hydrogens (tertiary/aromatic N) is 7. The predicted octanol–water partition coefficient (Wildman–Crippen LogP) is 2.85. The first-order chi connectivity index (χ1) is 14.8. The molecule has 31 heavy (non-hydrogen) atoms. The monoisotopic (exact) mass is 453 g/mol. The molecule has 0 saturated carbocycles. The van der Waals surface area contributed by atoms with Gasteiger partial charge in [0.1, 0.15) is 10.6 Å². The summed E-state index contributed by atoms with van der Waals surface area (Å²) in [7, 11) is 0. The molecule has 0 aliphatic carbocycles. The maximum absolute atomic E-state index is 13.2. The zero-order chi connectivity index (χ0) is 21.8. The van der Waals surface area contributed by atoms with E-state index in [4.69, 9.17) is 9.97 Å². The van der Waals surface area contributed by atoms with Crippen molar-refractivity contribution in [3.8, 4) is 0 Å². The van der Waals surface area contributed by atoms with Crippen LogP contribution in [0.5, 0.6) is 0 Å². The Kier molecular flexibility index (Phi) is 5.00. The fourth-order valence-corrected chi connectivity index (χ4v) is 5.29. The van der Waals surface area contributed by atoms with Crippen molar-refractivity contribution in [3.05, 3.63) is 22.6 Å². The molecule has 5 heterocycles. The van der Waals surface area contributed by atoms with Crippen LogP contribution in [-0.2, 0) is 25.7 Å². The van der Waals surface area contributed by atoms with Crippen molar-refractivity contribution < 1.29 is 18.3 Å². The van der Waals surface area contributed by atoms with E-state index in [9.17, 15) is 18.3 Å². The Bertz CT molecular complexity index is 1110. The molecule has 1 unspecified atom stereocenters. The van der Waals surface area contributed by atoms with E-state index in [-0.39, 0.29) is 18.9 Å². The van der Waals surface area contributed by atoms with Gasteiger partial charge in [-0.25, -0.2) is 4.98 Å². The third-order valence-electron chi connectivity index (χ3n) is 5.66. The highest BCUT2D eigenvalue weighted by Crippen LogP contribution is 2.36. The zero-order valence-electron chi connectivity index (χ0n) is 16.9. The molecule has 5 rings (SSSR count). The molecule has 3 aromatic rings. The number of hydrogen-bond donors (Lipinski definition) is 1. The molecule has 1 saturated heterocycles. The Morgan fingerprint density at radius 1 is 1.16 bits per heavy atom. The lowest BCUT2D eigenvalue weighted by Gasteiger charge is -2.30. The number of anilines is 2. The van der Waals surface area contributed by atoms with Crippen molar-refractivity contribution in [3.63, 3.8) is 0 Å². The summed E-state index contributed by atoms with van der Waals surface area (Å²) in [6.07, 6.45) is -2.33. The summed E-state index contributed by atoms with van der Waals surface area (Å²) in [5, 5.41) is 18.0. The fourth-order valence-electron chi connectivity index (χ4n) is 4.17. The Morgan fingerprint density at radius 3 is 2.71 bits per heavy atom. The maximum atomic E-state index is 13.2. The highest BCUT2D eigenvalue weighted by Gasteiger charge is 2.40. The first-order valence-electron chi connectivity index (χ1n) is 10.3. The average Bonchev–Trinajstić information content (AvgIpc) is 3.43. The topological polar surface area (TPSA) is 83.2 Å². The van der Waals surface area contributed by atoms with Gasteiger partial charge >= 0.3 is 6.18 Å². The van der Waals surface area contributed by atoms with Crippen molar-refractivity contribution in [1.29, 1.82) is 0 Å². The van der Waals surface area contributed by atoms with Crippen LogP contribution in [0.15, 0.2) is 6.07 Å². The summed E-state index contributed by atoms with van der Waals surface area (Å²) in [5.41, 5.74) is 0. The van der Waals surface area contributed by atoms with E-state index in [1.54, 1.807) is 11.3 Å². The number of halogens is 3. The van der Waals surface area contributed by atoms with E-state index >= 15 is 0 Å². The van der Waals surface area contributed by atoms with Crippen molar-refractivity contribution in [2.24, 2.45) is 0 Å². The summed E-state index contributed by atoms with van der Waals surface area (Å²) in [5.74, 6) is 0.560. The number of aliphatic hydroxyl groups excluding tert-OH is 1. The maximum Gasteiger partial charge on any atom is 0.451 e. The molecule has 0 radical (unpaired) electrons. The highest BCUT2D eigenvalue weighted by atomic mass is 32.1. The van der Waals surface area contributed by atoms with Gasteiger partial charge in [-0.15, -0.1) is 21.5 Å². The number of rotatable bonds is 4. The van der Waals surface area contributed by atoms with Crippen molar-refractivity contribution >= 4 is 33.3 Å². The van der Waals surface area contributed by atoms with Gasteiger partial charge in [0.25, 0.3) is 0 Å². The molecule has 8 nitrogen and oxygen atoms in total. The molecule has 0 spiro atoms. The summed E-state index contributed by atoms with van der Waals surface area (Å²) in [6, 6.07) is 2.09. The minimum absolute atomic E-state index is 0.131. The standard InChI is InChI=1S/C19H22F3N7OS/c1-2-3-12-8-13-15(23-18(24-16(13)31-12)28-5-4-11(30)9-28)27-6-7-29-14(10-27)25-26-17(29)19(20,21)22/h8,11,30H,2-7,9-10H2,1H3. The Labute approximate surface area is 180 Å². The molecule has 3 aromatic heterocycles. The molecular weight excluding hydrogens is 431 g/mol. The number of β-amino-alcohol motifs (C(OH)–C–C–N with tert-alkyl or cyclic N) is 1. The van der Waals surface area contributed by atoms with Gasteiger partial charge in [-0.3, -0.25) is 0 Å². The van der Waals surface area contributed by atoms with E-state index < -0.39 is 18.1 Å². The van der Waals surface area contributed by atoms with Crippen LogP contribution in [0.25, 0.3) is 10.2 Å². The molecule has 1 fully saturated rings. The van der Waals surface area contributed by atoms with Gasteiger partial charge in [0, 0.05) is 31.1 Å². The minimum atomic E-state index is -4.53. The van der Waals surface area contributed by atoms with E-state index in [0.29, 0.717) is 37.8 Å². The number of alkyl halides is 3. The van der Waals surface area contributed by atoms with Gasteiger partial charge in [0.15, 0.2) is 5.82 Å². The molecule has 2 aliphatic heterocycles. The Hall–Kier alpha value is -2.47. The Morgan fingerprint density at radius 2 is 2.00 bits per heavy atom. The van der Waals surface area contributed by atoms with Crippen molar-refractivity contribution in [1.82, 2.24) is 24.7 Å². The smallest absolute Gasteiger partial charge is 0.391 e. The second-order valence-corrected chi connectivity index (χ2v) is 9.04. The van der Waals surface area contributed by atoms with Crippen LogP contribution in [-0.4, -0.2) is 55.6 Å². The summed E-state index contributed by atoms with van der Waals surface area (Å²) >= 11 is 1.62. The fraction of sp³-hybridized carbons (Fsp3) is 0.579. The van der Waals surface area contributed by atoms with Crippen LogP contribution in [0.1, 0.15) is 36.3 Å². The number of aromatic nitrogens is 5. The predicted molar refractivity (Wildman–Crippen MR) is 110 cm³/mol. The van der Waals surface area contributed by atoms with Crippen LogP contribution in [0.4, 0.5) is 24.9 Å². The molecule has 166 valence electrons. The second kappa shape index (κ2) is 7.59. The number of thiophene rings is 1. The lowest BCUT2D eigenvalue weighted by atomic mass is 10.2. The van der Waals surface area contributed by atoms with Crippen LogP contribution < -0.4 is 9.80 Å². The minimum Gasteiger partial charge on any atom is -0.391 e. The van der Waals surface area contributed by atoms with Gasteiger partial charge < -0.3 is 19.5 Å². The van der Waals surface area contributed by atoms with Gasteiger partial charge in [-0.2, -0.15) is 18.2 Å². The summed E-state index contributed by atoms with van der Waals surface area (Å²) in [4.78, 5) is 15.5. The molecule has 12 heteroatoms. The number of hydrogen-bond acceptors (Lipinski definition) is 8. The number of aliphatic hydroxyl groups is 1. The van der Waals surface area contributed by atoms with Gasteiger partial charge in [-0.1, -0.05) is 13.3 Å². The second-order valence-electron chi connectivity index (χ2n) is 7.93. The van der Waals surface area contributed by atoms with Crippen LogP contribution in [0, 0.1) is 0 Å². The lowest BCUT2D eigenvalue weighted by Crippen LogP contribution is -2.36. The third-order valence-corrected chi connectivity index (χ3v) is 6.75. The summed E-state index contributed by atoms with van der Waals surface area (Å²) < 4.78 is 40.7. The third kappa shape index (κ3) is 3.71. The van der Waals surface area contributed by atoms with Gasteiger partial charge in [0.2, 0.25) is 11.8 Å². The molecule has 1 atom stereocenters. The highest BCUT2D eigenvalue weighted by molar-refractivity contribution is 7.18. The van der Waals surface area contributed by atoms with Crippen LogP contribution >= 0.6 is 11.3 Å². The molecule has 1 N–H and O–H groups in total. The van der Waals surface area contributed by atoms with Crippen molar-refractivity contribution in [2.75, 3.05) is 29.4 Å². The van der Waals surface area contributed by atoms with Crippen molar-refractivity contribution in [2.45, 2.75) is 51.6 Å². The first-order valence-corrected chi connectivity index (χ1v) is 11.1. The van der Waals surface area contributed by atoms with E-state index in [0.717, 1.165) is 27.6 Å². The number of fused-ring (bicyclic) bond motifs is 2. The average molecular weight is 453 g/mol. The van der Waals surface area contributed by atoms with Gasteiger partial charge in [0.05, 0.1) is 18.0 Å². The first kappa shape index (κ1) is 20.4. The van der Waals surface area contributed by atoms with E-state index in [1.165, 1.54) is 4.88 Å². The largest absolute Gasteiger partial charge is 0.451 e. The van der Waals surface area contributed by atoms with E-state index in [1.807, 2.05) is 9.80 Å². The SMILES string of the molecule is CCCc1cc2c(N3CCn4c(nnc4C(F)(F)F)C3)nc(N3CCC(O)C3)nc2s1. The zero-order valence-corrected chi connectivity index (χ0v) is 17.7. The quantitative estimate of drug-likeness (QED) is 0.650. The van der Waals surface area contributed by atoms with Crippen LogP contribution in [0.3, 0.4) is 0 Å². The Balaban J connectivity index is 1.54. The molecule has 0 bridgehead atoms. The molecule has 0 amide bonds. The normalized spacial score (nSPS) is 19.5. The van der Waals surface area contributed by atoms with Crippen LogP contribution in [0.2, 0.25) is 0 Å². The van der Waals surface area contributed by atoms with E-state index in [2.05, 4.69) is 23.2 Å². The molecule has 2 aliphatic rings. The van der Waals surface area contributed by atoms with Gasteiger partial charge in [-0.05, 0) is 18.9 Å². The molecular formula is C19H22F3N7OS.